The predicted molar refractivity (Wildman–Crippen MR) is 130 cm³/mol. The van der Waals surface area contributed by atoms with Crippen molar-refractivity contribution < 1.29 is 23.5 Å². The molecule has 8 N–H and O–H groups in total. The zero-order valence-electron chi connectivity index (χ0n) is 18.2. The number of furan rings is 2. The van der Waals surface area contributed by atoms with Crippen LogP contribution >= 0.6 is 0 Å². The first-order valence-electron chi connectivity index (χ1n) is 10.0. The van der Waals surface area contributed by atoms with Crippen LogP contribution in [-0.4, -0.2) is 35.2 Å². The molecule has 10 heteroatoms. The molecule has 0 radical (unpaired) electrons. The Balaban J connectivity index is 0.000000350. The van der Waals surface area contributed by atoms with Crippen LogP contribution < -0.4 is 16.8 Å². The highest BCUT2D eigenvalue weighted by atomic mass is 16.4. The standard InChI is InChI=1S/C20H16N4O2.C4H7NO3/c21-19(22)11-1-5-17-13(7-11)9-15(25-17)3-4-16-10-14-8-12(20(23)24)2-6-18(14)26-16;1-3(6)5-2-4(7)8/h1-10H,(H3,21,22)(H3,23,24);2H2,1H3,(H,5,6)(H,7,8)/b4-3+;. The van der Waals surface area contributed by atoms with Gasteiger partial charge >= 0.3 is 5.97 Å². The zero-order chi connectivity index (χ0) is 24.8. The number of hydrogen-bond acceptors (Lipinski definition) is 6. The molecule has 4 aromatic rings. The number of fused-ring (bicyclic) bond motifs is 2. The number of rotatable bonds is 6. The van der Waals surface area contributed by atoms with Gasteiger partial charge in [-0.1, -0.05) is 0 Å². The maximum absolute atomic E-state index is 9.97. The molecular formula is C24H23N5O5. The molecule has 0 spiro atoms. The minimum atomic E-state index is -1.03. The summed E-state index contributed by atoms with van der Waals surface area (Å²) in [6.07, 6.45) is 3.63. The molecular weight excluding hydrogens is 438 g/mol. The Kier molecular flexibility index (Phi) is 7.12. The van der Waals surface area contributed by atoms with Gasteiger partial charge in [-0.15, -0.1) is 0 Å². The summed E-state index contributed by atoms with van der Waals surface area (Å²) in [5, 5.41) is 26.8. The van der Waals surface area contributed by atoms with Crippen molar-refractivity contribution in [2.24, 2.45) is 11.5 Å². The lowest BCUT2D eigenvalue weighted by atomic mass is 10.1. The van der Waals surface area contributed by atoms with Crippen LogP contribution in [0.5, 0.6) is 0 Å². The van der Waals surface area contributed by atoms with Crippen molar-refractivity contribution in [1.82, 2.24) is 5.32 Å². The molecule has 2 aromatic carbocycles. The molecule has 2 heterocycles. The van der Waals surface area contributed by atoms with Gasteiger partial charge < -0.3 is 30.7 Å². The average molecular weight is 461 g/mol. The summed E-state index contributed by atoms with van der Waals surface area (Å²) in [5.41, 5.74) is 13.8. The first kappa shape index (κ1) is 23.8. The molecule has 0 saturated carbocycles. The normalized spacial score (nSPS) is 10.7. The summed E-state index contributed by atoms with van der Waals surface area (Å²) < 4.78 is 11.5. The van der Waals surface area contributed by atoms with Crippen LogP contribution in [0.3, 0.4) is 0 Å². The fraction of sp³-hybridized carbons (Fsp3) is 0.0833. The molecule has 10 nitrogen and oxygen atoms in total. The summed E-state index contributed by atoms with van der Waals surface area (Å²) >= 11 is 0. The average Bonchev–Trinajstić information content (AvgIpc) is 3.38. The van der Waals surface area contributed by atoms with Crippen molar-refractivity contribution in [2.45, 2.75) is 6.92 Å². The third-order valence-electron chi connectivity index (χ3n) is 4.59. The lowest BCUT2D eigenvalue weighted by Gasteiger charge is -1.95. The Morgan fingerprint density at radius 3 is 1.65 bits per heavy atom. The second kappa shape index (κ2) is 10.2. The molecule has 0 saturated heterocycles. The summed E-state index contributed by atoms with van der Waals surface area (Å²) in [6.45, 7) is 0.971. The number of nitrogen functional groups attached to an aromatic ring is 2. The molecule has 0 aliphatic rings. The molecule has 174 valence electrons. The predicted octanol–water partition coefficient (Wildman–Crippen LogP) is 3.12. The summed E-state index contributed by atoms with van der Waals surface area (Å²) in [4.78, 5) is 19.7. The highest BCUT2D eigenvalue weighted by Gasteiger charge is 2.06. The van der Waals surface area contributed by atoms with E-state index < -0.39 is 5.97 Å². The van der Waals surface area contributed by atoms with Gasteiger partial charge in [0.05, 0.1) is 0 Å². The Morgan fingerprint density at radius 1 is 0.882 bits per heavy atom. The number of benzene rings is 2. The van der Waals surface area contributed by atoms with E-state index in [1.807, 2.05) is 36.4 Å². The van der Waals surface area contributed by atoms with Gasteiger partial charge in [-0.2, -0.15) is 0 Å². The van der Waals surface area contributed by atoms with Crippen molar-refractivity contribution in [1.29, 1.82) is 10.8 Å². The quantitative estimate of drug-likeness (QED) is 0.187. The van der Waals surface area contributed by atoms with E-state index in [0.717, 1.165) is 21.9 Å². The zero-order valence-corrected chi connectivity index (χ0v) is 18.2. The Morgan fingerprint density at radius 2 is 1.32 bits per heavy atom. The number of nitrogens with one attached hydrogen (secondary N) is 3. The van der Waals surface area contributed by atoms with Crippen LogP contribution in [0.1, 0.15) is 29.6 Å². The number of amides is 1. The minimum Gasteiger partial charge on any atom is -0.480 e. The van der Waals surface area contributed by atoms with E-state index in [1.54, 1.807) is 24.3 Å². The molecule has 0 aliphatic heterocycles. The highest BCUT2D eigenvalue weighted by Crippen LogP contribution is 2.25. The molecule has 1 amide bonds. The molecule has 2 aromatic heterocycles. The van der Waals surface area contributed by atoms with Gasteiger partial charge in [0.25, 0.3) is 0 Å². The van der Waals surface area contributed by atoms with Crippen molar-refractivity contribution in [3.05, 3.63) is 71.2 Å². The molecule has 34 heavy (non-hydrogen) atoms. The van der Waals surface area contributed by atoms with Gasteiger partial charge in [0.1, 0.15) is 40.9 Å². The first-order chi connectivity index (χ1) is 16.1. The Bertz CT molecular complexity index is 1320. The summed E-state index contributed by atoms with van der Waals surface area (Å²) in [5.74, 6) is 0.0403. The number of aliphatic carboxylic acids is 1. The van der Waals surface area contributed by atoms with Gasteiger partial charge in [-0.25, -0.2) is 0 Å². The Hall–Kier alpha value is -4.86. The molecule has 0 bridgehead atoms. The number of carbonyl (C=O) groups is 2. The second-order valence-corrected chi connectivity index (χ2v) is 7.27. The molecule has 0 atom stereocenters. The Labute approximate surface area is 193 Å². The van der Waals surface area contributed by atoms with Crippen LogP contribution in [-0.2, 0) is 9.59 Å². The van der Waals surface area contributed by atoms with Crippen LogP contribution in [0.2, 0.25) is 0 Å². The van der Waals surface area contributed by atoms with Crippen LogP contribution in [0.15, 0.2) is 57.4 Å². The molecule has 0 unspecified atom stereocenters. The van der Waals surface area contributed by atoms with Crippen molar-refractivity contribution in [3.63, 3.8) is 0 Å². The number of hydrogen-bond donors (Lipinski definition) is 6. The lowest BCUT2D eigenvalue weighted by Crippen LogP contribution is -2.26. The number of nitrogens with two attached hydrogens (primary N) is 2. The van der Waals surface area contributed by atoms with Crippen LogP contribution in [0.25, 0.3) is 34.1 Å². The SMILES string of the molecule is CC(=O)NCC(=O)O.N=C(N)c1ccc2oc(/C=C/c3cc4cc(C(=N)N)ccc4o3)cc2c1. The maximum Gasteiger partial charge on any atom is 0.322 e. The van der Waals surface area contributed by atoms with Crippen molar-refractivity contribution in [2.75, 3.05) is 6.54 Å². The van der Waals surface area contributed by atoms with Gasteiger partial charge in [0, 0.05) is 28.8 Å². The van der Waals surface area contributed by atoms with E-state index in [9.17, 15) is 9.59 Å². The number of carbonyl (C=O) groups excluding carboxylic acids is 1. The van der Waals surface area contributed by atoms with E-state index in [4.69, 9.17) is 36.2 Å². The molecule has 0 fully saturated rings. The van der Waals surface area contributed by atoms with Gasteiger partial charge in [-0.3, -0.25) is 20.4 Å². The largest absolute Gasteiger partial charge is 0.480 e. The van der Waals surface area contributed by atoms with Crippen molar-refractivity contribution in [3.8, 4) is 0 Å². The maximum atomic E-state index is 9.97. The number of carboxylic acids is 1. The van der Waals surface area contributed by atoms with E-state index in [0.29, 0.717) is 22.6 Å². The van der Waals surface area contributed by atoms with E-state index >= 15 is 0 Å². The van der Waals surface area contributed by atoms with E-state index in [2.05, 4.69) is 5.32 Å². The third kappa shape index (κ3) is 6.10. The fourth-order valence-electron chi connectivity index (χ4n) is 2.99. The summed E-state index contributed by atoms with van der Waals surface area (Å²) in [7, 11) is 0. The monoisotopic (exact) mass is 461 g/mol. The third-order valence-corrected chi connectivity index (χ3v) is 4.59. The highest BCUT2D eigenvalue weighted by molar-refractivity contribution is 5.99. The fourth-order valence-corrected chi connectivity index (χ4v) is 2.99. The van der Waals surface area contributed by atoms with Crippen LogP contribution in [0.4, 0.5) is 0 Å². The van der Waals surface area contributed by atoms with E-state index in [-0.39, 0.29) is 24.1 Å². The topological polar surface area (TPSA) is 192 Å². The number of carboxylic acid groups (broad SMARTS) is 1. The van der Waals surface area contributed by atoms with E-state index in [1.165, 1.54) is 6.92 Å². The smallest absolute Gasteiger partial charge is 0.322 e. The first-order valence-corrected chi connectivity index (χ1v) is 10.0. The number of amidine groups is 2. The van der Waals surface area contributed by atoms with Gasteiger partial charge in [-0.05, 0) is 60.7 Å². The van der Waals surface area contributed by atoms with Gasteiger partial charge in [0.15, 0.2) is 0 Å². The molecule has 4 rings (SSSR count). The molecule has 0 aliphatic carbocycles. The van der Waals surface area contributed by atoms with Crippen molar-refractivity contribution >= 4 is 57.6 Å². The summed E-state index contributed by atoms with van der Waals surface area (Å²) in [6, 6.07) is 14.5. The second-order valence-electron chi connectivity index (χ2n) is 7.27. The van der Waals surface area contributed by atoms with Gasteiger partial charge in [0.2, 0.25) is 5.91 Å². The minimum absolute atomic E-state index is 0.0254. The van der Waals surface area contributed by atoms with Crippen LogP contribution in [0, 0.1) is 10.8 Å². The lowest BCUT2D eigenvalue weighted by molar-refractivity contribution is -0.137.